The Labute approximate surface area is 82.1 Å². The molecule has 0 heterocycles. The van der Waals surface area contributed by atoms with Crippen LogP contribution in [0.25, 0.3) is 0 Å². The van der Waals surface area contributed by atoms with Gasteiger partial charge in [-0.1, -0.05) is 28.4 Å². The van der Waals surface area contributed by atoms with Crippen molar-refractivity contribution in [3.63, 3.8) is 0 Å². The van der Waals surface area contributed by atoms with E-state index in [0.29, 0.717) is 11.9 Å². The largest absolute Gasteiger partial charge is 0.465 e. The number of carbonyl (C=O) groups is 1. The summed E-state index contributed by atoms with van der Waals surface area (Å²) in [5.74, 6) is -0.205. The minimum atomic E-state index is -0.145. The first-order chi connectivity index (χ1) is 5.57. The normalized spacial score (nSPS) is 12.2. The van der Waals surface area contributed by atoms with Gasteiger partial charge in [-0.2, -0.15) is 0 Å². The van der Waals surface area contributed by atoms with Crippen molar-refractivity contribution in [1.29, 1.82) is 0 Å². The van der Waals surface area contributed by atoms with Crippen molar-refractivity contribution in [1.82, 2.24) is 0 Å². The first kappa shape index (κ1) is 11.7. The van der Waals surface area contributed by atoms with Gasteiger partial charge < -0.3 is 4.74 Å². The van der Waals surface area contributed by atoms with Gasteiger partial charge in [-0.15, -0.1) is 6.58 Å². The van der Waals surface area contributed by atoms with E-state index in [2.05, 4.69) is 22.5 Å². The molecule has 0 aliphatic heterocycles. The molecular weight excluding hydrogens is 220 g/mol. The Hall–Kier alpha value is -0.310. The molecule has 2 nitrogen and oxygen atoms in total. The van der Waals surface area contributed by atoms with E-state index in [4.69, 9.17) is 4.74 Å². The van der Waals surface area contributed by atoms with Gasteiger partial charge in [0.25, 0.3) is 0 Å². The van der Waals surface area contributed by atoms with Crippen LogP contribution in [0.1, 0.15) is 20.3 Å². The summed E-state index contributed by atoms with van der Waals surface area (Å²) in [5, 5.41) is 0.652. The summed E-state index contributed by atoms with van der Waals surface area (Å²) in [4.78, 5) is 11.1. The van der Waals surface area contributed by atoms with Crippen LogP contribution in [-0.2, 0) is 9.53 Å². The van der Waals surface area contributed by atoms with E-state index in [1.807, 2.05) is 13.8 Å². The summed E-state index contributed by atoms with van der Waals surface area (Å²) in [6, 6.07) is 0. The van der Waals surface area contributed by atoms with Crippen LogP contribution in [-0.4, -0.2) is 17.9 Å². The maximum Gasteiger partial charge on any atom is 0.309 e. The van der Waals surface area contributed by atoms with Crippen LogP contribution in [0.2, 0.25) is 0 Å². The van der Waals surface area contributed by atoms with Gasteiger partial charge in [0.1, 0.15) is 0 Å². The molecule has 0 aromatic heterocycles. The fraction of sp³-hybridized carbons (Fsp3) is 0.667. The maximum absolute atomic E-state index is 11.1. The molecule has 0 bridgehead atoms. The lowest BCUT2D eigenvalue weighted by molar-refractivity contribution is -0.146. The van der Waals surface area contributed by atoms with E-state index in [0.717, 1.165) is 12.0 Å². The highest BCUT2D eigenvalue weighted by Gasteiger charge is 2.11. The van der Waals surface area contributed by atoms with Crippen LogP contribution in [0.5, 0.6) is 0 Å². The molecule has 0 amide bonds. The van der Waals surface area contributed by atoms with Crippen LogP contribution in [0, 0.1) is 5.92 Å². The van der Waals surface area contributed by atoms with Crippen molar-refractivity contribution < 1.29 is 9.53 Å². The Bertz CT molecular complexity index is 166. The molecule has 0 aromatic carbocycles. The molecule has 0 saturated heterocycles. The second kappa shape index (κ2) is 6.23. The number of rotatable bonds is 5. The minimum Gasteiger partial charge on any atom is -0.465 e. The van der Waals surface area contributed by atoms with E-state index in [1.54, 1.807) is 0 Å². The third-order valence-electron chi connectivity index (χ3n) is 1.41. The standard InChI is InChI=1S/C9H15BrO2/c1-7(2)4-5-12-9(11)8(3)6-10/h8H,1,4-6H2,2-3H3/t8-/m1/s1. The number of hydrogen-bond acceptors (Lipinski definition) is 2. The van der Waals surface area contributed by atoms with Crippen molar-refractivity contribution in [2.45, 2.75) is 20.3 Å². The van der Waals surface area contributed by atoms with E-state index >= 15 is 0 Å². The lowest BCUT2D eigenvalue weighted by atomic mass is 10.2. The summed E-state index contributed by atoms with van der Waals surface area (Å²) in [6.07, 6.45) is 0.751. The summed E-state index contributed by atoms with van der Waals surface area (Å²) in [7, 11) is 0. The smallest absolute Gasteiger partial charge is 0.309 e. The lowest BCUT2D eigenvalue weighted by Crippen LogP contribution is -2.16. The summed E-state index contributed by atoms with van der Waals surface area (Å²) >= 11 is 3.22. The average molecular weight is 235 g/mol. The van der Waals surface area contributed by atoms with Crippen LogP contribution in [0.3, 0.4) is 0 Å². The third-order valence-corrected chi connectivity index (χ3v) is 2.38. The SMILES string of the molecule is C=C(C)CCOC(=O)[C@H](C)CBr. The molecule has 12 heavy (non-hydrogen) atoms. The number of carbonyl (C=O) groups excluding carboxylic acids is 1. The molecule has 0 aromatic rings. The highest BCUT2D eigenvalue weighted by molar-refractivity contribution is 9.09. The van der Waals surface area contributed by atoms with Gasteiger partial charge in [0.15, 0.2) is 0 Å². The topological polar surface area (TPSA) is 26.3 Å². The monoisotopic (exact) mass is 234 g/mol. The summed E-state index contributed by atoms with van der Waals surface area (Å²) < 4.78 is 4.98. The molecule has 0 aliphatic rings. The number of alkyl halides is 1. The maximum atomic E-state index is 11.1. The Balaban J connectivity index is 3.50. The second-order valence-electron chi connectivity index (χ2n) is 2.93. The predicted molar refractivity (Wildman–Crippen MR) is 53.3 cm³/mol. The Morgan fingerprint density at radius 2 is 2.25 bits per heavy atom. The molecule has 0 spiro atoms. The average Bonchev–Trinajstić information content (AvgIpc) is 2.02. The first-order valence-corrected chi connectivity index (χ1v) is 5.07. The van der Waals surface area contributed by atoms with E-state index < -0.39 is 0 Å². The molecular formula is C9H15BrO2. The lowest BCUT2D eigenvalue weighted by Gasteiger charge is -2.07. The molecule has 0 aliphatic carbocycles. The van der Waals surface area contributed by atoms with Gasteiger partial charge in [-0.3, -0.25) is 4.79 Å². The zero-order valence-corrected chi connectivity index (χ0v) is 9.19. The second-order valence-corrected chi connectivity index (χ2v) is 3.58. The zero-order valence-electron chi connectivity index (χ0n) is 7.60. The molecule has 70 valence electrons. The molecule has 0 saturated carbocycles. The Kier molecular flexibility index (Phi) is 6.07. The van der Waals surface area contributed by atoms with E-state index in [9.17, 15) is 4.79 Å². The Morgan fingerprint density at radius 3 is 2.67 bits per heavy atom. The molecule has 0 unspecified atom stereocenters. The molecule has 0 fully saturated rings. The van der Waals surface area contributed by atoms with Crippen molar-refractivity contribution >= 4 is 21.9 Å². The van der Waals surface area contributed by atoms with Gasteiger partial charge in [-0.25, -0.2) is 0 Å². The summed E-state index contributed by atoms with van der Waals surface area (Å²) in [6.45, 7) is 7.92. The third kappa shape index (κ3) is 5.35. The molecule has 1 atom stereocenters. The Morgan fingerprint density at radius 1 is 1.67 bits per heavy atom. The van der Waals surface area contributed by atoms with Crippen molar-refractivity contribution in [3.05, 3.63) is 12.2 Å². The predicted octanol–water partition coefficient (Wildman–Crippen LogP) is 2.53. The molecule has 0 rings (SSSR count). The van der Waals surface area contributed by atoms with Crippen molar-refractivity contribution in [2.75, 3.05) is 11.9 Å². The van der Waals surface area contributed by atoms with Crippen molar-refractivity contribution in [2.24, 2.45) is 5.92 Å². The fourth-order valence-electron chi connectivity index (χ4n) is 0.531. The van der Waals surface area contributed by atoms with Crippen LogP contribution in [0.15, 0.2) is 12.2 Å². The van der Waals surface area contributed by atoms with E-state index in [1.165, 1.54) is 0 Å². The molecule has 0 radical (unpaired) electrons. The van der Waals surface area contributed by atoms with Crippen LogP contribution < -0.4 is 0 Å². The van der Waals surface area contributed by atoms with Gasteiger partial charge >= 0.3 is 5.97 Å². The van der Waals surface area contributed by atoms with Crippen LogP contribution in [0.4, 0.5) is 0 Å². The molecule has 3 heteroatoms. The van der Waals surface area contributed by atoms with Crippen LogP contribution >= 0.6 is 15.9 Å². The number of ether oxygens (including phenoxy) is 1. The quantitative estimate of drug-likeness (QED) is 0.415. The highest BCUT2D eigenvalue weighted by Crippen LogP contribution is 2.04. The van der Waals surface area contributed by atoms with Gasteiger partial charge in [-0.05, 0) is 6.92 Å². The van der Waals surface area contributed by atoms with E-state index in [-0.39, 0.29) is 11.9 Å². The van der Waals surface area contributed by atoms with Gasteiger partial charge in [0.2, 0.25) is 0 Å². The fourth-order valence-corrected chi connectivity index (χ4v) is 0.795. The highest BCUT2D eigenvalue weighted by atomic mass is 79.9. The molecule has 0 N–H and O–H groups in total. The minimum absolute atomic E-state index is 0.0601. The van der Waals surface area contributed by atoms with Crippen molar-refractivity contribution in [3.8, 4) is 0 Å². The number of halogens is 1. The first-order valence-electron chi connectivity index (χ1n) is 3.95. The summed E-state index contributed by atoms with van der Waals surface area (Å²) in [5.41, 5.74) is 1.04. The number of hydrogen-bond donors (Lipinski definition) is 0. The zero-order chi connectivity index (χ0) is 9.56. The number of esters is 1. The van der Waals surface area contributed by atoms with Gasteiger partial charge in [0.05, 0.1) is 12.5 Å². The van der Waals surface area contributed by atoms with Gasteiger partial charge in [0, 0.05) is 11.8 Å².